The van der Waals surface area contributed by atoms with E-state index in [0.717, 1.165) is 47.3 Å². The van der Waals surface area contributed by atoms with Crippen LogP contribution in [0.3, 0.4) is 0 Å². The van der Waals surface area contributed by atoms with Crippen LogP contribution in [0.5, 0.6) is 0 Å². The van der Waals surface area contributed by atoms with Crippen LogP contribution >= 0.6 is 11.3 Å². The highest BCUT2D eigenvalue weighted by atomic mass is 32.2. The molecule has 1 aromatic carbocycles. The maximum atomic E-state index is 13.5. The zero-order chi connectivity index (χ0) is 17.3. The number of nitrogens with zero attached hydrogens (tertiary/aromatic N) is 1. The Morgan fingerprint density at radius 2 is 1.79 bits per heavy atom. The second kappa shape index (κ2) is 6.98. The number of hydrogen-bond donors (Lipinski definition) is 0. The van der Waals surface area contributed by atoms with E-state index in [1.807, 2.05) is 44.4 Å². The lowest BCUT2D eigenvalue weighted by Gasteiger charge is -2.29. The Kier molecular flexibility index (Phi) is 5.13. The molecule has 1 atom stereocenters. The summed E-state index contributed by atoms with van der Waals surface area (Å²) in [4.78, 5) is 1.62. The fraction of sp³-hybridized carbons (Fsp3) is 0.474. The van der Waals surface area contributed by atoms with Crippen LogP contribution in [-0.2, 0) is 10.0 Å². The molecule has 0 saturated carbocycles. The highest BCUT2D eigenvalue weighted by Crippen LogP contribution is 2.37. The summed E-state index contributed by atoms with van der Waals surface area (Å²) in [5.74, 6) is 0. The third-order valence-electron chi connectivity index (χ3n) is 4.95. The summed E-state index contributed by atoms with van der Waals surface area (Å²) in [5.41, 5.74) is 3.01. The average Bonchev–Trinajstić information content (AvgIpc) is 2.94. The van der Waals surface area contributed by atoms with Crippen LogP contribution in [0.2, 0.25) is 0 Å². The van der Waals surface area contributed by atoms with Crippen molar-refractivity contribution in [1.82, 2.24) is 4.31 Å². The van der Waals surface area contributed by atoms with Gasteiger partial charge in [0.25, 0.3) is 0 Å². The molecule has 0 bridgehead atoms. The lowest BCUT2D eigenvalue weighted by Crippen LogP contribution is -2.35. The van der Waals surface area contributed by atoms with Crippen LogP contribution in [-0.4, -0.2) is 19.3 Å². The molecule has 0 aliphatic carbocycles. The normalized spacial score (nSPS) is 20.0. The van der Waals surface area contributed by atoms with Crippen LogP contribution in [0, 0.1) is 20.8 Å². The Hall–Kier alpha value is -1.17. The van der Waals surface area contributed by atoms with Crippen molar-refractivity contribution in [2.75, 3.05) is 6.54 Å². The van der Waals surface area contributed by atoms with Gasteiger partial charge in [0.15, 0.2) is 0 Å². The standard InChI is InChI=1S/C19H25NO2S2/c1-14-12-16(3)19(13-15(14)2)24(21,22)20-10-6-4-5-8-17(20)18-9-7-11-23-18/h7,9,11-13,17H,4-6,8,10H2,1-3H3/t17-/m1/s1. The van der Waals surface area contributed by atoms with Crippen molar-refractivity contribution >= 4 is 21.4 Å². The molecular formula is C19H25NO2S2. The first-order valence-corrected chi connectivity index (χ1v) is 10.9. The monoisotopic (exact) mass is 363 g/mol. The minimum atomic E-state index is -3.49. The summed E-state index contributed by atoms with van der Waals surface area (Å²) < 4.78 is 28.7. The maximum Gasteiger partial charge on any atom is 0.243 e. The topological polar surface area (TPSA) is 37.4 Å². The molecule has 0 radical (unpaired) electrons. The summed E-state index contributed by atoms with van der Waals surface area (Å²) in [6, 6.07) is 7.88. The molecule has 2 aromatic rings. The number of benzene rings is 1. The van der Waals surface area contributed by atoms with Crippen molar-refractivity contribution < 1.29 is 8.42 Å². The van der Waals surface area contributed by atoms with Gasteiger partial charge in [-0.2, -0.15) is 4.31 Å². The molecular weight excluding hydrogens is 338 g/mol. The van der Waals surface area contributed by atoms with Crippen molar-refractivity contribution in [1.29, 1.82) is 0 Å². The number of thiophene rings is 1. The fourth-order valence-corrected chi connectivity index (χ4v) is 6.38. The molecule has 0 unspecified atom stereocenters. The van der Waals surface area contributed by atoms with E-state index in [9.17, 15) is 8.42 Å². The molecule has 1 aliphatic heterocycles. The van der Waals surface area contributed by atoms with Crippen LogP contribution in [0.15, 0.2) is 34.5 Å². The van der Waals surface area contributed by atoms with Crippen molar-refractivity contribution in [3.05, 3.63) is 51.2 Å². The number of hydrogen-bond acceptors (Lipinski definition) is 3. The van der Waals surface area contributed by atoms with Gasteiger partial charge in [0.2, 0.25) is 10.0 Å². The zero-order valence-electron chi connectivity index (χ0n) is 14.6. The second-order valence-corrected chi connectivity index (χ2v) is 9.54. The van der Waals surface area contributed by atoms with Crippen molar-refractivity contribution in [3.8, 4) is 0 Å². The molecule has 0 N–H and O–H groups in total. The first kappa shape index (κ1) is 17.6. The Morgan fingerprint density at radius 1 is 1.04 bits per heavy atom. The van der Waals surface area contributed by atoms with Gasteiger partial charge in [-0.1, -0.05) is 25.0 Å². The van der Waals surface area contributed by atoms with Crippen LogP contribution in [0.25, 0.3) is 0 Å². The first-order valence-electron chi connectivity index (χ1n) is 8.54. The Bertz CT molecular complexity index is 810. The molecule has 24 heavy (non-hydrogen) atoms. The molecule has 1 saturated heterocycles. The summed E-state index contributed by atoms with van der Waals surface area (Å²) >= 11 is 1.66. The maximum absolute atomic E-state index is 13.5. The third kappa shape index (κ3) is 3.30. The van der Waals surface area contributed by atoms with E-state index in [4.69, 9.17) is 0 Å². The van der Waals surface area contributed by atoms with Gasteiger partial charge in [0, 0.05) is 11.4 Å². The highest BCUT2D eigenvalue weighted by Gasteiger charge is 2.34. The third-order valence-corrected chi connectivity index (χ3v) is 7.98. The van der Waals surface area contributed by atoms with Gasteiger partial charge in [-0.15, -0.1) is 11.3 Å². The van der Waals surface area contributed by atoms with Gasteiger partial charge in [0.05, 0.1) is 10.9 Å². The van der Waals surface area contributed by atoms with Crippen LogP contribution in [0.1, 0.15) is 53.3 Å². The number of aryl methyl sites for hydroxylation is 3. The van der Waals surface area contributed by atoms with Crippen molar-refractivity contribution in [3.63, 3.8) is 0 Å². The zero-order valence-corrected chi connectivity index (χ0v) is 16.2. The van der Waals surface area contributed by atoms with Crippen molar-refractivity contribution in [2.24, 2.45) is 0 Å². The van der Waals surface area contributed by atoms with E-state index in [2.05, 4.69) is 6.07 Å². The lowest BCUT2D eigenvalue weighted by molar-refractivity contribution is 0.333. The molecule has 0 spiro atoms. The van der Waals surface area contributed by atoms with Gasteiger partial charge in [-0.25, -0.2) is 8.42 Å². The smallest absolute Gasteiger partial charge is 0.207 e. The molecule has 3 nitrogen and oxygen atoms in total. The van der Waals surface area contributed by atoms with E-state index in [1.165, 1.54) is 0 Å². The SMILES string of the molecule is Cc1cc(C)c(S(=O)(=O)N2CCCCC[C@@H]2c2cccs2)cc1C. The van der Waals surface area contributed by atoms with Crippen LogP contribution in [0.4, 0.5) is 0 Å². The van der Waals surface area contributed by atoms with E-state index in [0.29, 0.717) is 11.4 Å². The largest absolute Gasteiger partial charge is 0.243 e. The summed E-state index contributed by atoms with van der Waals surface area (Å²) in [6.45, 7) is 6.51. The van der Waals surface area contributed by atoms with Gasteiger partial charge in [-0.3, -0.25) is 0 Å². The Labute approximate surface area is 149 Å². The average molecular weight is 364 g/mol. The summed E-state index contributed by atoms with van der Waals surface area (Å²) in [6.07, 6.45) is 4.02. The lowest BCUT2D eigenvalue weighted by atomic mass is 10.1. The highest BCUT2D eigenvalue weighted by molar-refractivity contribution is 7.89. The van der Waals surface area contributed by atoms with Crippen molar-refractivity contribution in [2.45, 2.75) is 57.4 Å². The molecule has 1 fully saturated rings. The van der Waals surface area contributed by atoms with E-state index in [-0.39, 0.29) is 6.04 Å². The van der Waals surface area contributed by atoms with E-state index < -0.39 is 10.0 Å². The van der Waals surface area contributed by atoms with Gasteiger partial charge in [-0.05, 0) is 67.8 Å². The second-order valence-electron chi connectivity index (χ2n) is 6.70. The minimum Gasteiger partial charge on any atom is -0.207 e. The molecule has 0 amide bonds. The fourth-order valence-electron chi connectivity index (χ4n) is 3.47. The predicted octanol–water partition coefficient (Wildman–Crippen LogP) is 4.98. The molecule has 2 heterocycles. The predicted molar refractivity (Wildman–Crippen MR) is 100 cm³/mol. The van der Waals surface area contributed by atoms with Gasteiger partial charge < -0.3 is 0 Å². The van der Waals surface area contributed by atoms with E-state index >= 15 is 0 Å². The summed E-state index contributed by atoms with van der Waals surface area (Å²) in [5, 5.41) is 2.03. The first-order chi connectivity index (χ1) is 11.4. The Balaban J connectivity index is 2.07. The minimum absolute atomic E-state index is 0.0292. The number of sulfonamides is 1. The molecule has 5 heteroatoms. The Morgan fingerprint density at radius 3 is 2.50 bits per heavy atom. The van der Waals surface area contributed by atoms with Crippen LogP contribution < -0.4 is 0 Å². The number of rotatable bonds is 3. The molecule has 1 aliphatic rings. The quantitative estimate of drug-likeness (QED) is 0.771. The molecule has 1 aromatic heterocycles. The van der Waals surface area contributed by atoms with E-state index in [1.54, 1.807) is 15.6 Å². The summed E-state index contributed by atoms with van der Waals surface area (Å²) in [7, 11) is -3.49. The molecule has 130 valence electrons. The van der Waals surface area contributed by atoms with Gasteiger partial charge >= 0.3 is 0 Å². The van der Waals surface area contributed by atoms with Gasteiger partial charge in [0.1, 0.15) is 0 Å². The molecule has 3 rings (SSSR count).